The molecular formula is C19H24N2O3S. The SMILES string of the molecule is Cc1cnc(-c2cc(OC3(CCN)CCCCC3)cc(C(=O)O)c2)s1. The number of nitrogens with zero attached hydrogens (tertiary/aromatic N) is 1. The van der Waals surface area contributed by atoms with E-state index >= 15 is 0 Å². The van der Waals surface area contributed by atoms with Gasteiger partial charge in [0.1, 0.15) is 16.4 Å². The van der Waals surface area contributed by atoms with Gasteiger partial charge >= 0.3 is 5.97 Å². The number of aromatic carboxylic acids is 1. The third-order valence-electron chi connectivity index (χ3n) is 4.72. The molecule has 3 rings (SSSR count). The van der Waals surface area contributed by atoms with Gasteiger partial charge in [-0.3, -0.25) is 0 Å². The number of ether oxygens (including phenoxy) is 1. The topological polar surface area (TPSA) is 85.4 Å². The van der Waals surface area contributed by atoms with E-state index in [2.05, 4.69) is 4.98 Å². The van der Waals surface area contributed by atoms with Gasteiger partial charge in [-0.25, -0.2) is 9.78 Å². The summed E-state index contributed by atoms with van der Waals surface area (Å²) in [4.78, 5) is 17.0. The Morgan fingerprint density at radius 1 is 1.32 bits per heavy atom. The highest BCUT2D eigenvalue weighted by Gasteiger charge is 2.33. The van der Waals surface area contributed by atoms with Gasteiger partial charge in [0.15, 0.2) is 0 Å². The van der Waals surface area contributed by atoms with E-state index in [1.165, 1.54) is 6.42 Å². The van der Waals surface area contributed by atoms with Gasteiger partial charge in [0.2, 0.25) is 0 Å². The lowest BCUT2D eigenvalue weighted by Crippen LogP contribution is -2.40. The molecule has 25 heavy (non-hydrogen) atoms. The lowest BCUT2D eigenvalue weighted by Gasteiger charge is -2.37. The van der Waals surface area contributed by atoms with Gasteiger partial charge < -0.3 is 15.6 Å². The molecule has 0 aliphatic heterocycles. The Bertz CT molecular complexity index is 745. The number of hydrogen-bond acceptors (Lipinski definition) is 5. The third-order valence-corrected chi connectivity index (χ3v) is 5.68. The van der Waals surface area contributed by atoms with Gasteiger partial charge in [0.25, 0.3) is 0 Å². The average molecular weight is 360 g/mol. The summed E-state index contributed by atoms with van der Waals surface area (Å²) < 4.78 is 6.38. The van der Waals surface area contributed by atoms with Gasteiger partial charge in [-0.05, 0) is 63.8 Å². The minimum atomic E-state index is -0.962. The quantitative estimate of drug-likeness (QED) is 0.804. The fraction of sp³-hybridized carbons (Fsp3) is 0.474. The molecule has 1 aliphatic rings. The lowest BCUT2D eigenvalue weighted by molar-refractivity contribution is 0.0241. The van der Waals surface area contributed by atoms with Gasteiger partial charge in [-0.15, -0.1) is 11.3 Å². The summed E-state index contributed by atoms with van der Waals surface area (Å²) in [5, 5.41) is 10.3. The van der Waals surface area contributed by atoms with Crippen molar-refractivity contribution in [3.63, 3.8) is 0 Å². The van der Waals surface area contributed by atoms with Crippen molar-refractivity contribution >= 4 is 17.3 Å². The van der Waals surface area contributed by atoms with Crippen molar-refractivity contribution in [2.75, 3.05) is 6.54 Å². The first kappa shape index (κ1) is 17.9. The van der Waals surface area contributed by atoms with Crippen LogP contribution in [0.2, 0.25) is 0 Å². The van der Waals surface area contributed by atoms with Crippen molar-refractivity contribution in [2.45, 2.75) is 51.0 Å². The molecule has 0 amide bonds. The summed E-state index contributed by atoms with van der Waals surface area (Å²) >= 11 is 1.55. The molecule has 1 saturated carbocycles. The van der Waals surface area contributed by atoms with E-state index in [1.807, 2.05) is 13.0 Å². The minimum Gasteiger partial charge on any atom is -0.487 e. The maximum absolute atomic E-state index is 11.5. The molecule has 5 nitrogen and oxygen atoms in total. The number of carboxylic acids is 1. The maximum atomic E-state index is 11.5. The number of thiazole rings is 1. The van der Waals surface area contributed by atoms with E-state index in [9.17, 15) is 9.90 Å². The van der Waals surface area contributed by atoms with E-state index in [4.69, 9.17) is 10.5 Å². The fourth-order valence-electron chi connectivity index (χ4n) is 3.51. The molecule has 0 bridgehead atoms. The van der Waals surface area contributed by atoms with Crippen LogP contribution in [0.5, 0.6) is 5.75 Å². The van der Waals surface area contributed by atoms with Crippen LogP contribution in [0.4, 0.5) is 0 Å². The summed E-state index contributed by atoms with van der Waals surface area (Å²) in [5.74, 6) is -0.366. The zero-order valence-corrected chi connectivity index (χ0v) is 15.3. The highest BCUT2D eigenvalue weighted by atomic mass is 32.1. The molecule has 0 spiro atoms. The Labute approximate surface area is 151 Å². The van der Waals surface area contributed by atoms with Crippen molar-refractivity contribution in [3.8, 4) is 16.3 Å². The van der Waals surface area contributed by atoms with E-state index in [0.717, 1.165) is 47.6 Å². The van der Waals surface area contributed by atoms with Crippen LogP contribution < -0.4 is 10.5 Å². The van der Waals surface area contributed by atoms with Crippen LogP contribution >= 0.6 is 11.3 Å². The van der Waals surface area contributed by atoms with E-state index in [0.29, 0.717) is 12.3 Å². The van der Waals surface area contributed by atoms with E-state index in [1.54, 1.807) is 29.7 Å². The Hall–Kier alpha value is -1.92. The standard InChI is InChI=1S/C19H24N2O3S/c1-13-12-21-17(25-13)14-9-15(18(22)23)11-16(10-14)24-19(7-8-20)5-3-2-4-6-19/h9-12H,2-8,20H2,1H3,(H,22,23). The van der Waals surface area contributed by atoms with Gasteiger partial charge in [0, 0.05) is 16.6 Å². The monoisotopic (exact) mass is 360 g/mol. The Balaban J connectivity index is 1.96. The van der Waals surface area contributed by atoms with Crippen molar-refractivity contribution in [3.05, 3.63) is 34.8 Å². The van der Waals surface area contributed by atoms with Crippen molar-refractivity contribution < 1.29 is 14.6 Å². The summed E-state index contributed by atoms with van der Waals surface area (Å²) in [6.45, 7) is 2.55. The molecule has 1 heterocycles. The lowest BCUT2D eigenvalue weighted by atomic mass is 9.82. The van der Waals surface area contributed by atoms with Gasteiger partial charge in [-0.1, -0.05) is 6.42 Å². The molecule has 1 aliphatic carbocycles. The molecule has 3 N–H and O–H groups in total. The molecule has 0 saturated heterocycles. The number of rotatable bonds is 6. The van der Waals surface area contributed by atoms with Gasteiger partial charge in [-0.2, -0.15) is 0 Å². The first-order valence-corrected chi connectivity index (χ1v) is 9.53. The summed E-state index contributed by atoms with van der Waals surface area (Å²) in [5.41, 5.74) is 6.55. The minimum absolute atomic E-state index is 0.221. The Morgan fingerprint density at radius 3 is 2.68 bits per heavy atom. The maximum Gasteiger partial charge on any atom is 0.335 e. The second kappa shape index (κ2) is 7.54. The summed E-state index contributed by atoms with van der Waals surface area (Å²) in [7, 11) is 0. The average Bonchev–Trinajstić information content (AvgIpc) is 3.02. The second-order valence-corrected chi connectivity index (χ2v) is 7.95. The number of benzene rings is 1. The molecule has 2 aromatic rings. The molecule has 0 unspecified atom stereocenters. The number of carboxylic acid groups (broad SMARTS) is 1. The predicted molar refractivity (Wildman–Crippen MR) is 99.4 cm³/mol. The van der Waals surface area contributed by atoms with Crippen molar-refractivity contribution in [1.82, 2.24) is 4.98 Å². The number of nitrogens with two attached hydrogens (primary N) is 1. The molecule has 134 valence electrons. The number of aryl methyl sites for hydroxylation is 1. The number of aromatic nitrogens is 1. The van der Waals surface area contributed by atoms with Crippen LogP contribution in [0, 0.1) is 6.92 Å². The fourth-order valence-corrected chi connectivity index (χ4v) is 4.26. The summed E-state index contributed by atoms with van der Waals surface area (Å²) in [6, 6.07) is 5.17. The second-order valence-electron chi connectivity index (χ2n) is 6.71. The Kier molecular flexibility index (Phi) is 5.39. The third kappa shape index (κ3) is 4.19. The first-order chi connectivity index (χ1) is 12.0. The molecule has 0 atom stereocenters. The normalized spacial score (nSPS) is 16.6. The molecule has 1 aromatic heterocycles. The zero-order valence-electron chi connectivity index (χ0n) is 14.5. The van der Waals surface area contributed by atoms with Crippen LogP contribution in [0.15, 0.2) is 24.4 Å². The number of hydrogen-bond donors (Lipinski definition) is 2. The largest absolute Gasteiger partial charge is 0.487 e. The smallest absolute Gasteiger partial charge is 0.335 e. The van der Waals surface area contributed by atoms with Crippen molar-refractivity contribution in [1.29, 1.82) is 0 Å². The first-order valence-electron chi connectivity index (χ1n) is 8.72. The van der Waals surface area contributed by atoms with E-state index < -0.39 is 5.97 Å². The highest BCUT2D eigenvalue weighted by molar-refractivity contribution is 7.14. The zero-order chi connectivity index (χ0) is 17.9. The van der Waals surface area contributed by atoms with Crippen molar-refractivity contribution in [2.24, 2.45) is 5.73 Å². The van der Waals surface area contributed by atoms with Crippen LogP contribution in [0.25, 0.3) is 10.6 Å². The summed E-state index contributed by atoms with van der Waals surface area (Å²) in [6.07, 6.45) is 7.98. The predicted octanol–water partition coefficient (Wildman–Crippen LogP) is 4.25. The van der Waals surface area contributed by atoms with Crippen LogP contribution in [-0.2, 0) is 0 Å². The van der Waals surface area contributed by atoms with Crippen LogP contribution in [0.1, 0.15) is 53.8 Å². The van der Waals surface area contributed by atoms with Gasteiger partial charge in [0.05, 0.1) is 5.56 Å². The molecule has 6 heteroatoms. The molecular weight excluding hydrogens is 336 g/mol. The van der Waals surface area contributed by atoms with Crippen LogP contribution in [0.3, 0.4) is 0 Å². The number of carbonyl (C=O) groups is 1. The molecule has 0 radical (unpaired) electrons. The van der Waals surface area contributed by atoms with E-state index in [-0.39, 0.29) is 11.2 Å². The van der Waals surface area contributed by atoms with Crippen LogP contribution in [-0.4, -0.2) is 28.2 Å². The molecule has 1 fully saturated rings. The Morgan fingerprint density at radius 2 is 2.08 bits per heavy atom. The molecule has 1 aromatic carbocycles. The highest BCUT2D eigenvalue weighted by Crippen LogP contribution is 2.37.